The Morgan fingerprint density at radius 3 is 2.53 bits per heavy atom. The quantitative estimate of drug-likeness (QED) is 0.780. The van der Waals surface area contributed by atoms with Crippen LogP contribution >= 0.6 is 0 Å². The number of aryl methyl sites for hydroxylation is 1. The molecule has 0 unspecified atom stereocenters. The van der Waals surface area contributed by atoms with Gasteiger partial charge >= 0.3 is 0 Å². The SMILES string of the molecule is Cc1ccc(C(=O)N(C)C(C)(C)CO)c(N)c1. The molecule has 3 N–H and O–H groups in total. The smallest absolute Gasteiger partial charge is 0.256 e. The molecule has 1 amide bonds. The number of benzene rings is 1. The van der Waals surface area contributed by atoms with Gasteiger partial charge in [-0.1, -0.05) is 6.07 Å². The van der Waals surface area contributed by atoms with Crippen LogP contribution in [0.1, 0.15) is 29.8 Å². The van der Waals surface area contributed by atoms with Crippen LogP contribution in [-0.2, 0) is 0 Å². The zero-order valence-electron chi connectivity index (χ0n) is 10.8. The molecule has 1 rings (SSSR count). The highest BCUT2D eigenvalue weighted by Crippen LogP contribution is 2.20. The average Bonchev–Trinajstić information content (AvgIpc) is 2.27. The van der Waals surface area contributed by atoms with Gasteiger partial charge in [0.1, 0.15) is 0 Å². The third-order valence-electron chi connectivity index (χ3n) is 3.04. The normalized spacial score (nSPS) is 11.4. The van der Waals surface area contributed by atoms with E-state index in [0.717, 1.165) is 5.56 Å². The summed E-state index contributed by atoms with van der Waals surface area (Å²) < 4.78 is 0. The fraction of sp³-hybridized carbons (Fsp3) is 0.462. The number of hydrogen-bond acceptors (Lipinski definition) is 3. The fourth-order valence-electron chi connectivity index (χ4n) is 1.44. The van der Waals surface area contributed by atoms with Crippen LogP contribution in [0.2, 0.25) is 0 Å². The number of anilines is 1. The molecule has 1 aromatic rings. The van der Waals surface area contributed by atoms with Crippen molar-refractivity contribution in [1.82, 2.24) is 4.90 Å². The van der Waals surface area contributed by atoms with Gasteiger partial charge in [-0.25, -0.2) is 0 Å². The lowest BCUT2D eigenvalue weighted by atomic mass is 10.0. The number of amides is 1. The Hall–Kier alpha value is -1.55. The Kier molecular flexibility index (Phi) is 3.78. The van der Waals surface area contributed by atoms with Crippen molar-refractivity contribution in [2.75, 3.05) is 19.4 Å². The van der Waals surface area contributed by atoms with E-state index in [4.69, 9.17) is 5.73 Å². The molecule has 0 aliphatic heterocycles. The molecule has 0 spiro atoms. The van der Waals surface area contributed by atoms with Crippen molar-refractivity contribution < 1.29 is 9.90 Å². The second kappa shape index (κ2) is 4.75. The number of carbonyl (C=O) groups is 1. The number of likely N-dealkylation sites (N-methyl/N-ethyl adjacent to an activating group) is 1. The highest BCUT2D eigenvalue weighted by molar-refractivity contribution is 5.99. The van der Waals surface area contributed by atoms with Gasteiger partial charge in [0.15, 0.2) is 0 Å². The number of aliphatic hydroxyl groups is 1. The average molecular weight is 236 g/mol. The number of rotatable bonds is 3. The minimum absolute atomic E-state index is 0.0962. The Morgan fingerprint density at radius 1 is 1.47 bits per heavy atom. The second-order valence-corrected chi connectivity index (χ2v) is 4.93. The van der Waals surface area contributed by atoms with Crippen molar-refractivity contribution in [3.63, 3.8) is 0 Å². The van der Waals surface area contributed by atoms with Crippen molar-refractivity contribution in [3.05, 3.63) is 29.3 Å². The number of hydrogen-bond donors (Lipinski definition) is 2. The first-order valence-electron chi connectivity index (χ1n) is 5.55. The molecule has 1 aromatic carbocycles. The van der Waals surface area contributed by atoms with E-state index in [-0.39, 0.29) is 12.5 Å². The lowest BCUT2D eigenvalue weighted by molar-refractivity contribution is 0.0474. The standard InChI is InChI=1S/C13H20N2O2/c1-9-5-6-10(11(14)7-9)12(17)15(4)13(2,3)8-16/h5-7,16H,8,14H2,1-4H3. The third-order valence-corrected chi connectivity index (χ3v) is 3.04. The van der Waals surface area contributed by atoms with E-state index in [2.05, 4.69) is 0 Å². The number of nitrogens with two attached hydrogens (primary N) is 1. The maximum atomic E-state index is 12.2. The highest BCUT2D eigenvalue weighted by Gasteiger charge is 2.28. The van der Waals surface area contributed by atoms with Crippen LogP contribution in [0.15, 0.2) is 18.2 Å². The maximum Gasteiger partial charge on any atom is 0.256 e. The van der Waals surface area contributed by atoms with E-state index < -0.39 is 5.54 Å². The van der Waals surface area contributed by atoms with Crippen molar-refractivity contribution >= 4 is 11.6 Å². The molecular weight excluding hydrogens is 216 g/mol. The molecule has 0 bridgehead atoms. The van der Waals surface area contributed by atoms with Crippen LogP contribution in [0.25, 0.3) is 0 Å². The van der Waals surface area contributed by atoms with Gasteiger partial charge in [0, 0.05) is 12.7 Å². The molecule has 4 nitrogen and oxygen atoms in total. The Morgan fingerprint density at radius 2 is 2.06 bits per heavy atom. The second-order valence-electron chi connectivity index (χ2n) is 4.93. The molecule has 0 aromatic heterocycles. The van der Waals surface area contributed by atoms with Gasteiger partial charge in [0.2, 0.25) is 0 Å². The van der Waals surface area contributed by atoms with Crippen LogP contribution in [0.3, 0.4) is 0 Å². The minimum Gasteiger partial charge on any atom is -0.398 e. The predicted octanol–water partition coefficient (Wildman–Crippen LogP) is 1.42. The summed E-state index contributed by atoms with van der Waals surface area (Å²) in [4.78, 5) is 13.7. The van der Waals surface area contributed by atoms with Crippen LogP contribution < -0.4 is 5.73 Å². The summed E-state index contributed by atoms with van der Waals surface area (Å²) in [6.07, 6.45) is 0. The molecule has 94 valence electrons. The van der Waals surface area contributed by atoms with Crippen LogP contribution in [0.5, 0.6) is 0 Å². The summed E-state index contributed by atoms with van der Waals surface area (Å²) in [6.45, 7) is 5.43. The minimum atomic E-state index is -0.603. The topological polar surface area (TPSA) is 66.6 Å². The van der Waals surface area contributed by atoms with Gasteiger partial charge < -0.3 is 15.7 Å². The van der Waals surface area contributed by atoms with Gasteiger partial charge in [-0.05, 0) is 38.5 Å². The van der Waals surface area contributed by atoms with Gasteiger partial charge in [-0.3, -0.25) is 4.79 Å². The Balaban J connectivity index is 3.05. The first-order chi connectivity index (χ1) is 7.79. The lowest BCUT2D eigenvalue weighted by Crippen LogP contribution is -2.47. The monoisotopic (exact) mass is 236 g/mol. The molecule has 0 radical (unpaired) electrons. The number of nitrogen functional groups attached to an aromatic ring is 1. The summed E-state index contributed by atoms with van der Waals surface area (Å²) in [5.41, 5.74) is 7.19. The zero-order valence-corrected chi connectivity index (χ0v) is 10.8. The van der Waals surface area contributed by atoms with E-state index in [9.17, 15) is 9.90 Å². The van der Waals surface area contributed by atoms with Crippen molar-refractivity contribution in [3.8, 4) is 0 Å². The van der Waals surface area contributed by atoms with Gasteiger partial charge in [0.25, 0.3) is 5.91 Å². The van der Waals surface area contributed by atoms with E-state index in [1.165, 1.54) is 4.90 Å². The largest absolute Gasteiger partial charge is 0.398 e. The van der Waals surface area contributed by atoms with Crippen LogP contribution in [0.4, 0.5) is 5.69 Å². The molecule has 4 heteroatoms. The third kappa shape index (κ3) is 2.77. The Bertz CT molecular complexity index is 427. The highest BCUT2D eigenvalue weighted by atomic mass is 16.3. The summed E-state index contributed by atoms with van der Waals surface area (Å²) in [6, 6.07) is 5.34. The van der Waals surface area contributed by atoms with Crippen molar-refractivity contribution in [2.45, 2.75) is 26.3 Å². The maximum absolute atomic E-state index is 12.2. The van der Waals surface area contributed by atoms with Crippen molar-refractivity contribution in [1.29, 1.82) is 0 Å². The zero-order chi connectivity index (χ0) is 13.2. The fourth-order valence-corrected chi connectivity index (χ4v) is 1.44. The summed E-state index contributed by atoms with van der Waals surface area (Å²) in [5.74, 6) is -0.179. The number of nitrogens with zero attached hydrogens (tertiary/aromatic N) is 1. The predicted molar refractivity (Wildman–Crippen MR) is 68.8 cm³/mol. The molecule has 17 heavy (non-hydrogen) atoms. The molecule has 0 saturated heterocycles. The number of carbonyl (C=O) groups excluding carboxylic acids is 1. The molecule has 0 saturated carbocycles. The molecular formula is C13H20N2O2. The first kappa shape index (κ1) is 13.5. The summed E-state index contributed by atoms with van der Waals surface area (Å²) >= 11 is 0. The lowest BCUT2D eigenvalue weighted by Gasteiger charge is -2.34. The van der Waals surface area contributed by atoms with Gasteiger partial charge in [-0.15, -0.1) is 0 Å². The van der Waals surface area contributed by atoms with E-state index in [0.29, 0.717) is 11.3 Å². The van der Waals surface area contributed by atoms with E-state index in [1.54, 1.807) is 33.0 Å². The van der Waals surface area contributed by atoms with Crippen LogP contribution in [-0.4, -0.2) is 35.1 Å². The number of aliphatic hydroxyl groups excluding tert-OH is 1. The summed E-state index contributed by atoms with van der Waals surface area (Å²) in [7, 11) is 1.66. The molecule has 0 atom stereocenters. The van der Waals surface area contributed by atoms with Gasteiger partial charge in [0.05, 0.1) is 17.7 Å². The molecule has 0 fully saturated rings. The molecule has 0 aliphatic rings. The van der Waals surface area contributed by atoms with E-state index in [1.807, 2.05) is 13.0 Å². The molecule has 0 heterocycles. The Labute approximate surface area is 102 Å². The first-order valence-corrected chi connectivity index (χ1v) is 5.55. The summed E-state index contributed by atoms with van der Waals surface area (Å²) in [5, 5.41) is 9.25. The van der Waals surface area contributed by atoms with Crippen LogP contribution in [0, 0.1) is 6.92 Å². The molecule has 0 aliphatic carbocycles. The van der Waals surface area contributed by atoms with E-state index >= 15 is 0 Å². The van der Waals surface area contributed by atoms with Crippen molar-refractivity contribution in [2.24, 2.45) is 0 Å². The van der Waals surface area contributed by atoms with Gasteiger partial charge in [-0.2, -0.15) is 0 Å².